The first-order chi connectivity index (χ1) is 31.6. The molecule has 14 rings (SSSR count). The fourth-order valence-electron chi connectivity index (χ4n) is 10.6. The Balaban J connectivity index is 1.04. The lowest BCUT2D eigenvalue weighted by Gasteiger charge is -2.37. The van der Waals surface area contributed by atoms with E-state index < -0.39 is 0 Å². The molecule has 2 aliphatic carbocycles. The maximum Gasteiger partial charge on any atom is 0.167 e. The molecule has 0 radical (unpaired) electrons. The van der Waals surface area contributed by atoms with Crippen LogP contribution in [-0.4, -0.2) is 19.5 Å². The summed E-state index contributed by atoms with van der Waals surface area (Å²) >= 11 is 0. The van der Waals surface area contributed by atoms with Crippen LogP contribution >= 0.6 is 0 Å². The number of fused-ring (bicyclic) bond motifs is 13. The van der Waals surface area contributed by atoms with Crippen LogP contribution in [0.25, 0.3) is 122 Å². The summed E-state index contributed by atoms with van der Waals surface area (Å²) in [4.78, 5) is 15.8. The van der Waals surface area contributed by atoms with Gasteiger partial charge in [-0.25, -0.2) is 15.0 Å². The molecule has 64 heavy (non-hydrogen) atoms. The second-order valence-corrected chi connectivity index (χ2v) is 17.3. The Morgan fingerprint density at radius 1 is 0.516 bits per heavy atom. The van der Waals surface area contributed by atoms with E-state index in [2.05, 4.69) is 169 Å². The summed E-state index contributed by atoms with van der Waals surface area (Å²) in [6.45, 7) is 2.38. The molecule has 12 aromatic rings. The zero-order valence-electron chi connectivity index (χ0n) is 34.7. The Morgan fingerprint density at radius 2 is 1.17 bits per heavy atom. The lowest BCUT2D eigenvalue weighted by atomic mass is 9.66. The first-order valence-electron chi connectivity index (χ1n) is 21.8. The lowest BCUT2D eigenvalue weighted by Crippen LogP contribution is -2.31. The molecule has 6 heteroatoms. The monoisotopic (exact) mass is 820 g/mol. The van der Waals surface area contributed by atoms with E-state index >= 15 is 0 Å². The van der Waals surface area contributed by atoms with Gasteiger partial charge in [0, 0.05) is 44.0 Å². The van der Waals surface area contributed by atoms with Crippen LogP contribution in [0.4, 0.5) is 0 Å². The van der Waals surface area contributed by atoms with Gasteiger partial charge in [0.15, 0.2) is 17.5 Å². The van der Waals surface area contributed by atoms with Crippen LogP contribution in [0, 0.1) is 5.92 Å². The van der Waals surface area contributed by atoms with E-state index in [1.165, 1.54) is 27.4 Å². The van der Waals surface area contributed by atoms with Gasteiger partial charge in [-0.3, -0.25) is 0 Å². The SMILES string of the molecule is CC12C=CC=CC1C=Cc1c2c2cc3ccccc3cc2n1-c1ccc(-c2nc(-c3ccc4ccccc4c3)nc(-c3ccc4c(c3)oc3ccccc34)n2)c2oc3ccccc3c12. The third kappa shape index (κ3) is 5.05. The smallest absolute Gasteiger partial charge is 0.167 e. The highest BCUT2D eigenvalue weighted by molar-refractivity contribution is 6.15. The Hall–Kier alpha value is -8.35. The van der Waals surface area contributed by atoms with Gasteiger partial charge in [-0.2, -0.15) is 0 Å². The van der Waals surface area contributed by atoms with Gasteiger partial charge < -0.3 is 13.4 Å². The van der Waals surface area contributed by atoms with Crippen LogP contribution in [0.2, 0.25) is 0 Å². The van der Waals surface area contributed by atoms with E-state index in [1.54, 1.807) is 0 Å². The number of aromatic nitrogens is 4. The standard InChI is InChI=1S/C58H36N4O2/c1-58-29-11-10-16-40(58)24-27-47-53(58)45-31-36-14-4-5-15-37(36)32-48(45)62(47)46-28-26-44(54-52(46)43-18-7-9-20-50(43)64-54)57-60-55(38-22-21-34-12-2-3-13-35(34)30-38)59-56(61-57)39-23-25-42-41-17-6-8-19-49(41)63-51(42)33-39/h2-33,40H,1H3. The normalized spacial score (nSPS) is 16.9. The highest BCUT2D eigenvalue weighted by atomic mass is 16.3. The van der Waals surface area contributed by atoms with Crippen LogP contribution in [0.5, 0.6) is 0 Å². The van der Waals surface area contributed by atoms with Crippen molar-refractivity contribution in [3.05, 3.63) is 199 Å². The van der Waals surface area contributed by atoms with Crippen molar-refractivity contribution in [1.29, 1.82) is 0 Å². The van der Waals surface area contributed by atoms with Crippen LogP contribution in [0.15, 0.2) is 197 Å². The number of para-hydroxylation sites is 2. The Morgan fingerprint density at radius 3 is 2.00 bits per heavy atom. The van der Waals surface area contributed by atoms with E-state index in [0.29, 0.717) is 23.1 Å². The number of benzene rings is 8. The van der Waals surface area contributed by atoms with Crippen molar-refractivity contribution in [2.24, 2.45) is 5.92 Å². The molecule has 2 aliphatic rings. The van der Waals surface area contributed by atoms with Gasteiger partial charge in [0.1, 0.15) is 22.3 Å². The third-order valence-corrected chi connectivity index (χ3v) is 13.7. The average molecular weight is 821 g/mol. The predicted molar refractivity (Wildman–Crippen MR) is 261 cm³/mol. The van der Waals surface area contributed by atoms with Crippen LogP contribution < -0.4 is 0 Å². The van der Waals surface area contributed by atoms with E-state index in [4.69, 9.17) is 23.8 Å². The van der Waals surface area contributed by atoms with Crippen LogP contribution in [0.3, 0.4) is 0 Å². The van der Waals surface area contributed by atoms with Crippen molar-refractivity contribution in [3.8, 4) is 39.9 Å². The third-order valence-electron chi connectivity index (χ3n) is 13.7. The number of furan rings is 2. The summed E-state index contributed by atoms with van der Waals surface area (Å²) in [6, 6.07) is 55.2. The van der Waals surface area contributed by atoms with Crippen molar-refractivity contribution < 1.29 is 8.83 Å². The molecule has 4 heterocycles. The number of rotatable bonds is 4. The minimum Gasteiger partial charge on any atom is -0.456 e. The van der Waals surface area contributed by atoms with Gasteiger partial charge in [0.25, 0.3) is 0 Å². The van der Waals surface area contributed by atoms with Gasteiger partial charge in [-0.15, -0.1) is 0 Å². The molecule has 0 saturated heterocycles. The van der Waals surface area contributed by atoms with E-state index in [9.17, 15) is 0 Å². The molecule has 0 fully saturated rings. The van der Waals surface area contributed by atoms with Crippen molar-refractivity contribution in [3.63, 3.8) is 0 Å². The van der Waals surface area contributed by atoms with Gasteiger partial charge in [0.05, 0.1) is 27.8 Å². The van der Waals surface area contributed by atoms with Gasteiger partial charge in [0.2, 0.25) is 0 Å². The van der Waals surface area contributed by atoms with Crippen LogP contribution in [-0.2, 0) is 5.41 Å². The van der Waals surface area contributed by atoms with Crippen molar-refractivity contribution >= 4 is 82.4 Å². The van der Waals surface area contributed by atoms with Crippen molar-refractivity contribution in [2.75, 3.05) is 0 Å². The van der Waals surface area contributed by atoms with E-state index in [-0.39, 0.29) is 11.3 Å². The fraction of sp³-hybridized carbons (Fsp3) is 0.0517. The fourth-order valence-corrected chi connectivity index (χ4v) is 10.6. The molecule has 2 atom stereocenters. The molecule has 300 valence electrons. The summed E-state index contributed by atoms with van der Waals surface area (Å²) < 4.78 is 15.8. The summed E-state index contributed by atoms with van der Waals surface area (Å²) in [5.74, 6) is 1.88. The first-order valence-corrected chi connectivity index (χ1v) is 21.8. The summed E-state index contributed by atoms with van der Waals surface area (Å²) in [7, 11) is 0. The van der Waals surface area contributed by atoms with E-state index in [1.807, 2.05) is 36.4 Å². The highest BCUT2D eigenvalue weighted by Crippen LogP contribution is 2.50. The number of hydrogen-bond donors (Lipinski definition) is 0. The van der Waals surface area contributed by atoms with Crippen molar-refractivity contribution in [2.45, 2.75) is 12.3 Å². The molecule has 0 spiro atoms. The second kappa shape index (κ2) is 13.1. The highest BCUT2D eigenvalue weighted by Gasteiger charge is 2.40. The number of nitrogens with zero attached hydrogens (tertiary/aromatic N) is 4. The van der Waals surface area contributed by atoms with Gasteiger partial charge in [-0.1, -0.05) is 140 Å². The second-order valence-electron chi connectivity index (χ2n) is 17.3. The maximum absolute atomic E-state index is 6.98. The molecule has 0 aliphatic heterocycles. The predicted octanol–water partition coefficient (Wildman–Crippen LogP) is 14.9. The minimum absolute atomic E-state index is 0.228. The molecule has 8 aromatic carbocycles. The molecule has 6 nitrogen and oxygen atoms in total. The Bertz CT molecular complexity index is 4070. The summed E-state index contributed by atoms with van der Waals surface area (Å²) in [5.41, 5.74) is 10.1. The molecule has 0 saturated carbocycles. The topological polar surface area (TPSA) is 69.9 Å². The molecular weight excluding hydrogens is 785 g/mol. The minimum atomic E-state index is -0.228. The zero-order chi connectivity index (χ0) is 42.1. The van der Waals surface area contributed by atoms with Gasteiger partial charge in [-0.05, 0) is 87.8 Å². The number of allylic oxidation sites excluding steroid dienone is 5. The molecular formula is C58H36N4O2. The molecule has 0 bridgehead atoms. The molecule has 2 unspecified atom stereocenters. The maximum atomic E-state index is 6.98. The average Bonchev–Trinajstić information content (AvgIpc) is 4.02. The Labute approximate surface area is 366 Å². The van der Waals surface area contributed by atoms with Crippen molar-refractivity contribution in [1.82, 2.24) is 19.5 Å². The largest absolute Gasteiger partial charge is 0.456 e. The number of hydrogen-bond acceptors (Lipinski definition) is 5. The quantitative estimate of drug-likeness (QED) is 0.177. The summed E-state index contributed by atoms with van der Waals surface area (Å²) in [5, 5.41) is 10.1. The summed E-state index contributed by atoms with van der Waals surface area (Å²) in [6.07, 6.45) is 13.8. The lowest BCUT2D eigenvalue weighted by molar-refractivity contribution is 0.496. The van der Waals surface area contributed by atoms with Crippen LogP contribution in [0.1, 0.15) is 18.2 Å². The van der Waals surface area contributed by atoms with Gasteiger partial charge >= 0.3 is 0 Å². The molecule has 4 aromatic heterocycles. The molecule has 0 N–H and O–H groups in total. The van der Waals surface area contributed by atoms with E-state index in [0.717, 1.165) is 77.0 Å². The Kier molecular flexibility index (Phi) is 7.21. The molecule has 0 amide bonds. The zero-order valence-corrected chi connectivity index (χ0v) is 34.7. The first kappa shape index (κ1) is 35.3.